The van der Waals surface area contributed by atoms with Crippen LogP contribution in [-0.2, 0) is 17.9 Å². The van der Waals surface area contributed by atoms with E-state index in [4.69, 9.17) is 5.73 Å². The zero-order chi connectivity index (χ0) is 22.6. The predicted octanol–water partition coefficient (Wildman–Crippen LogP) is 3.61. The number of guanidine groups is 1. The van der Waals surface area contributed by atoms with Crippen LogP contribution in [0.5, 0.6) is 0 Å². The lowest BCUT2D eigenvalue weighted by Gasteiger charge is -2.36. The van der Waals surface area contributed by atoms with Gasteiger partial charge in [0.15, 0.2) is 5.96 Å². The van der Waals surface area contributed by atoms with Crippen LogP contribution in [0.3, 0.4) is 0 Å². The lowest BCUT2D eigenvalue weighted by molar-refractivity contribution is -0.130. The van der Waals surface area contributed by atoms with Crippen molar-refractivity contribution < 1.29 is 14.0 Å². The molecule has 2 aromatic rings. The van der Waals surface area contributed by atoms with Gasteiger partial charge < -0.3 is 11.1 Å². The summed E-state index contributed by atoms with van der Waals surface area (Å²) in [6.45, 7) is 6.47. The molecule has 0 spiro atoms. The summed E-state index contributed by atoms with van der Waals surface area (Å²) in [5.74, 6) is -0.595. The van der Waals surface area contributed by atoms with Crippen molar-refractivity contribution in [3.8, 4) is 0 Å². The van der Waals surface area contributed by atoms with E-state index in [-0.39, 0.29) is 36.3 Å². The highest BCUT2D eigenvalue weighted by Gasteiger charge is 2.36. The van der Waals surface area contributed by atoms with Crippen molar-refractivity contribution >= 4 is 17.8 Å². The minimum atomic E-state index is -0.549. The molecule has 0 saturated carbocycles. The third-order valence-electron chi connectivity index (χ3n) is 5.20. The van der Waals surface area contributed by atoms with Gasteiger partial charge in [0, 0.05) is 12.1 Å². The van der Waals surface area contributed by atoms with Crippen molar-refractivity contribution in [2.24, 2.45) is 16.6 Å². The van der Waals surface area contributed by atoms with E-state index in [1.54, 1.807) is 6.07 Å². The van der Waals surface area contributed by atoms with Gasteiger partial charge in [-0.25, -0.2) is 9.38 Å². The second-order valence-electron chi connectivity index (χ2n) is 8.74. The van der Waals surface area contributed by atoms with Crippen LogP contribution < -0.4 is 11.1 Å². The number of hydrogen-bond donors (Lipinski definition) is 2. The maximum Gasteiger partial charge on any atom is 0.251 e. The molecule has 0 fully saturated rings. The summed E-state index contributed by atoms with van der Waals surface area (Å²) in [6, 6.07) is 13.5. The molecule has 1 aliphatic rings. The molecule has 3 rings (SSSR count). The molecule has 0 bridgehead atoms. The van der Waals surface area contributed by atoms with Crippen molar-refractivity contribution in [3.05, 3.63) is 71.0 Å². The normalized spacial score (nSPS) is 18.8. The lowest BCUT2D eigenvalue weighted by Crippen LogP contribution is -2.50. The minimum Gasteiger partial charge on any atom is -0.369 e. The highest BCUT2D eigenvalue weighted by Crippen LogP contribution is 2.29. The number of nitrogens with two attached hydrogens (primary N) is 1. The Hall–Kier alpha value is -3.22. The van der Waals surface area contributed by atoms with Crippen LogP contribution in [-0.4, -0.2) is 28.2 Å². The molecule has 1 heterocycles. The van der Waals surface area contributed by atoms with Gasteiger partial charge in [-0.05, 0) is 48.6 Å². The molecule has 2 aromatic carbocycles. The zero-order valence-electron chi connectivity index (χ0n) is 18.2. The third-order valence-corrected chi connectivity index (χ3v) is 5.20. The number of carbonyl (C=O) groups is 2. The molecular formula is C24H29FN4O2. The Morgan fingerprint density at radius 1 is 1.23 bits per heavy atom. The van der Waals surface area contributed by atoms with Crippen molar-refractivity contribution in [2.45, 2.75) is 52.2 Å². The Balaban J connectivity index is 1.73. The summed E-state index contributed by atoms with van der Waals surface area (Å²) in [7, 11) is 0. The van der Waals surface area contributed by atoms with E-state index in [0.717, 1.165) is 12.0 Å². The van der Waals surface area contributed by atoms with E-state index in [1.807, 2.05) is 37.3 Å². The molecule has 0 aromatic heterocycles. The van der Waals surface area contributed by atoms with E-state index < -0.39 is 11.4 Å². The molecule has 0 aliphatic carbocycles. The second kappa shape index (κ2) is 9.29. The summed E-state index contributed by atoms with van der Waals surface area (Å²) < 4.78 is 14.2. The lowest BCUT2D eigenvalue weighted by atomic mass is 9.87. The van der Waals surface area contributed by atoms with Gasteiger partial charge in [-0.1, -0.05) is 44.2 Å². The summed E-state index contributed by atoms with van der Waals surface area (Å²) in [5.41, 5.74) is 7.18. The van der Waals surface area contributed by atoms with E-state index in [0.29, 0.717) is 18.0 Å². The SMILES string of the molecule is CC(C)CC1(C)CC(=O)N(Cc2cc(F)cc(C(=O)NCc3ccccc3)c2)C(N)=N1. The van der Waals surface area contributed by atoms with Gasteiger partial charge in [-0.15, -0.1) is 0 Å². The molecular weight excluding hydrogens is 395 g/mol. The van der Waals surface area contributed by atoms with Gasteiger partial charge in [-0.2, -0.15) is 0 Å². The topological polar surface area (TPSA) is 87.8 Å². The smallest absolute Gasteiger partial charge is 0.251 e. The first-order chi connectivity index (χ1) is 14.6. The molecule has 0 radical (unpaired) electrons. The Morgan fingerprint density at radius 2 is 1.94 bits per heavy atom. The van der Waals surface area contributed by atoms with Gasteiger partial charge >= 0.3 is 0 Å². The van der Waals surface area contributed by atoms with Crippen molar-refractivity contribution in [2.75, 3.05) is 0 Å². The third kappa shape index (κ3) is 5.90. The van der Waals surface area contributed by atoms with Gasteiger partial charge in [0.05, 0.1) is 18.5 Å². The van der Waals surface area contributed by atoms with Crippen LogP contribution in [0.25, 0.3) is 0 Å². The summed E-state index contributed by atoms with van der Waals surface area (Å²) in [4.78, 5) is 31.2. The highest BCUT2D eigenvalue weighted by atomic mass is 19.1. The molecule has 3 N–H and O–H groups in total. The number of rotatable bonds is 7. The summed E-state index contributed by atoms with van der Waals surface area (Å²) >= 11 is 0. The number of hydrogen-bond acceptors (Lipinski definition) is 4. The van der Waals surface area contributed by atoms with Gasteiger partial charge in [0.2, 0.25) is 5.91 Å². The number of benzene rings is 2. The van der Waals surface area contributed by atoms with Crippen molar-refractivity contribution in [1.29, 1.82) is 0 Å². The van der Waals surface area contributed by atoms with Crippen LogP contribution >= 0.6 is 0 Å². The average molecular weight is 425 g/mol. The molecule has 2 amide bonds. The molecule has 1 atom stereocenters. The first-order valence-corrected chi connectivity index (χ1v) is 10.4. The molecule has 1 aliphatic heterocycles. The fourth-order valence-electron chi connectivity index (χ4n) is 4.03. The minimum absolute atomic E-state index is 0.0582. The fourth-order valence-corrected chi connectivity index (χ4v) is 4.03. The van der Waals surface area contributed by atoms with Gasteiger partial charge in [0.25, 0.3) is 5.91 Å². The zero-order valence-corrected chi connectivity index (χ0v) is 18.2. The Labute approximate surface area is 182 Å². The van der Waals surface area contributed by atoms with Crippen LogP contribution in [0.4, 0.5) is 4.39 Å². The number of nitrogens with one attached hydrogen (secondary N) is 1. The van der Waals surface area contributed by atoms with E-state index in [9.17, 15) is 14.0 Å². The molecule has 6 nitrogen and oxygen atoms in total. The first-order valence-electron chi connectivity index (χ1n) is 10.4. The maximum atomic E-state index is 14.2. The first kappa shape index (κ1) is 22.5. The number of aliphatic imine (C=N–C) groups is 1. The van der Waals surface area contributed by atoms with Crippen molar-refractivity contribution in [3.63, 3.8) is 0 Å². The maximum absolute atomic E-state index is 14.2. The molecule has 31 heavy (non-hydrogen) atoms. The van der Waals surface area contributed by atoms with Crippen LogP contribution in [0, 0.1) is 11.7 Å². The van der Waals surface area contributed by atoms with E-state index >= 15 is 0 Å². The number of nitrogens with zero attached hydrogens (tertiary/aromatic N) is 2. The second-order valence-corrected chi connectivity index (χ2v) is 8.74. The summed E-state index contributed by atoms with van der Waals surface area (Å²) in [6.07, 6.45) is 0.991. The molecule has 0 saturated heterocycles. The average Bonchev–Trinajstić information content (AvgIpc) is 2.68. The monoisotopic (exact) mass is 424 g/mol. The highest BCUT2D eigenvalue weighted by molar-refractivity contribution is 5.99. The molecule has 164 valence electrons. The Morgan fingerprint density at radius 3 is 2.58 bits per heavy atom. The Bertz CT molecular complexity index is 990. The largest absolute Gasteiger partial charge is 0.369 e. The number of halogens is 1. The van der Waals surface area contributed by atoms with E-state index in [1.165, 1.54) is 17.0 Å². The van der Waals surface area contributed by atoms with Crippen LogP contribution in [0.1, 0.15) is 55.1 Å². The van der Waals surface area contributed by atoms with E-state index in [2.05, 4.69) is 24.2 Å². The quantitative estimate of drug-likeness (QED) is 0.712. The van der Waals surface area contributed by atoms with Gasteiger partial charge in [0.1, 0.15) is 5.82 Å². The fraction of sp³-hybridized carbons (Fsp3) is 0.375. The van der Waals surface area contributed by atoms with Crippen LogP contribution in [0.2, 0.25) is 0 Å². The predicted molar refractivity (Wildman–Crippen MR) is 119 cm³/mol. The molecule has 1 unspecified atom stereocenters. The van der Waals surface area contributed by atoms with Crippen LogP contribution in [0.15, 0.2) is 53.5 Å². The Kier molecular flexibility index (Phi) is 6.73. The number of amides is 2. The standard InChI is InChI=1S/C24H29FN4O2/c1-16(2)12-24(3)13-21(30)29(23(26)28-24)15-18-9-19(11-20(25)10-18)22(31)27-14-17-7-5-4-6-8-17/h4-11,16H,12-15H2,1-3H3,(H2,26,28)(H,27,31). The number of carbonyl (C=O) groups excluding carboxylic acids is 2. The molecule has 7 heteroatoms. The summed E-state index contributed by atoms with van der Waals surface area (Å²) in [5, 5.41) is 2.79. The van der Waals surface area contributed by atoms with Gasteiger partial charge in [-0.3, -0.25) is 14.5 Å². The van der Waals surface area contributed by atoms with Crippen molar-refractivity contribution in [1.82, 2.24) is 10.2 Å².